The summed E-state index contributed by atoms with van der Waals surface area (Å²) in [6.07, 6.45) is 4.02. The van der Waals surface area contributed by atoms with Gasteiger partial charge in [0, 0.05) is 37.4 Å². The number of pyridine rings is 1. The molecule has 2 aromatic heterocycles. The summed E-state index contributed by atoms with van der Waals surface area (Å²) in [4.78, 5) is 4.50. The fourth-order valence-corrected chi connectivity index (χ4v) is 3.18. The Morgan fingerprint density at radius 1 is 1.12 bits per heavy atom. The van der Waals surface area contributed by atoms with Crippen LogP contribution in [0, 0.1) is 6.92 Å². The molecule has 0 saturated carbocycles. The summed E-state index contributed by atoms with van der Waals surface area (Å²) in [5, 5.41) is 1.19. The molecule has 0 aliphatic heterocycles. The Balaban J connectivity index is 0.00000100. The van der Waals surface area contributed by atoms with Gasteiger partial charge in [0.05, 0.1) is 6.61 Å². The predicted molar refractivity (Wildman–Crippen MR) is 102 cm³/mol. The lowest BCUT2D eigenvalue weighted by molar-refractivity contribution is 0.156. The van der Waals surface area contributed by atoms with Crippen molar-refractivity contribution in [1.82, 2.24) is 9.55 Å². The van der Waals surface area contributed by atoms with Gasteiger partial charge in [-0.15, -0.1) is 0 Å². The van der Waals surface area contributed by atoms with Crippen molar-refractivity contribution in [2.24, 2.45) is 7.05 Å². The van der Waals surface area contributed by atoms with Crippen LogP contribution in [0.5, 0.6) is 0 Å². The lowest BCUT2D eigenvalue weighted by Gasteiger charge is -2.29. The molecule has 3 rings (SSSR count). The molecule has 0 N–H and O–H groups in total. The van der Waals surface area contributed by atoms with E-state index >= 15 is 0 Å². The standard InChI is InChI=1S/C19H22N2O.C2H6/c1-14-7-9-15(10-8-14)19(2,13-22-4)17-12-21(3)18-16(17)6-5-11-20-18;1-2/h5-12H,13H2,1-4H3;1-2H3. The molecule has 2 heterocycles. The maximum atomic E-state index is 5.57. The lowest BCUT2D eigenvalue weighted by Crippen LogP contribution is -2.29. The van der Waals surface area contributed by atoms with Gasteiger partial charge in [-0.25, -0.2) is 4.98 Å². The molecule has 0 bridgehead atoms. The minimum Gasteiger partial charge on any atom is -0.383 e. The van der Waals surface area contributed by atoms with Crippen molar-refractivity contribution < 1.29 is 4.74 Å². The van der Waals surface area contributed by atoms with Crippen molar-refractivity contribution in [2.75, 3.05) is 13.7 Å². The van der Waals surface area contributed by atoms with E-state index in [1.165, 1.54) is 22.1 Å². The zero-order valence-corrected chi connectivity index (χ0v) is 15.6. The smallest absolute Gasteiger partial charge is 0.139 e. The molecule has 1 aromatic carbocycles. The molecule has 0 spiro atoms. The second-order valence-corrected chi connectivity index (χ2v) is 6.16. The average Bonchev–Trinajstić information content (AvgIpc) is 2.95. The Hall–Kier alpha value is -2.13. The van der Waals surface area contributed by atoms with Crippen LogP contribution in [0.3, 0.4) is 0 Å². The van der Waals surface area contributed by atoms with Crippen LogP contribution in [0.25, 0.3) is 11.0 Å². The van der Waals surface area contributed by atoms with Crippen LogP contribution in [0.4, 0.5) is 0 Å². The van der Waals surface area contributed by atoms with E-state index in [2.05, 4.69) is 59.9 Å². The van der Waals surface area contributed by atoms with Crippen LogP contribution in [0.2, 0.25) is 0 Å². The minimum atomic E-state index is -0.203. The Kier molecular flexibility index (Phi) is 5.79. The number of fused-ring (bicyclic) bond motifs is 1. The summed E-state index contributed by atoms with van der Waals surface area (Å²) >= 11 is 0. The SMILES string of the molecule is CC.COCC(C)(c1ccc(C)cc1)c1cn(C)c2ncccc12. The minimum absolute atomic E-state index is 0.203. The number of ether oxygens (including phenoxy) is 1. The lowest BCUT2D eigenvalue weighted by atomic mass is 9.77. The molecule has 3 aromatic rings. The molecule has 3 heteroatoms. The number of benzene rings is 1. The van der Waals surface area contributed by atoms with E-state index in [4.69, 9.17) is 4.74 Å². The highest BCUT2D eigenvalue weighted by molar-refractivity contribution is 5.82. The summed E-state index contributed by atoms with van der Waals surface area (Å²) < 4.78 is 7.66. The first-order valence-corrected chi connectivity index (χ1v) is 8.53. The Morgan fingerprint density at radius 2 is 1.79 bits per heavy atom. The van der Waals surface area contributed by atoms with E-state index in [9.17, 15) is 0 Å². The highest BCUT2D eigenvalue weighted by atomic mass is 16.5. The maximum Gasteiger partial charge on any atom is 0.139 e. The van der Waals surface area contributed by atoms with Crippen LogP contribution in [0.15, 0.2) is 48.8 Å². The fourth-order valence-electron chi connectivity index (χ4n) is 3.18. The maximum absolute atomic E-state index is 5.57. The van der Waals surface area contributed by atoms with Gasteiger partial charge in [-0.1, -0.05) is 43.7 Å². The normalized spacial score (nSPS) is 13.2. The van der Waals surface area contributed by atoms with Crippen LogP contribution in [-0.4, -0.2) is 23.3 Å². The molecule has 128 valence electrons. The predicted octanol–water partition coefficient (Wildman–Crippen LogP) is 4.86. The summed E-state index contributed by atoms with van der Waals surface area (Å²) in [5.41, 5.74) is 4.58. The van der Waals surface area contributed by atoms with Gasteiger partial charge in [0.25, 0.3) is 0 Å². The third-order valence-electron chi connectivity index (χ3n) is 4.45. The fraction of sp³-hybridized carbons (Fsp3) is 0.381. The van der Waals surface area contributed by atoms with Gasteiger partial charge in [-0.05, 0) is 37.1 Å². The van der Waals surface area contributed by atoms with E-state index in [1.54, 1.807) is 7.11 Å². The monoisotopic (exact) mass is 324 g/mol. The number of aryl methyl sites for hydroxylation is 2. The van der Waals surface area contributed by atoms with E-state index in [0.29, 0.717) is 6.61 Å². The van der Waals surface area contributed by atoms with E-state index in [0.717, 1.165) is 5.65 Å². The van der Waals surface area contributed by atoms with Gasteiger partial charge in [-0.2, -0.15) is 0 Å². The molecule has 3 nitrogen and oxygen atoms in total. The molecule has 0 aliphatic carbocycles. The summed E-state index contributed by atoms with van der Waals surface area (Å²) in [6, 6.07) is 12.8. The van der Waals surface area contributed by atoms with Crippen LogP contribution >= 0.6 is 0 Å². The Labute approximate surface area is 145 Å². The van der Waals surface area contributed by atoms with Gasteiger partial charge in [-0.3, -0.25) is 0 Å². The number of methoxy groups -OCH3 is 1. The van der Waals surface area contributed by atoms with Gasteiger partial charge < -0.3 is 9.30 Å². The van der Waals surface area contributed by atoms with Crippen LogP contribution in [-0.2, 0) is 17.2 Å². The third-order valence-corrected chi connectivity index (χ3v) is 4.45. The van der Waals surface area contributed by atoms with Crippen molar-refractivity contribution in [3.63, 3.8) is 0 Å². The molecule has 0 radical (unpaired) electrons. The van der Waals surface area contributed by atoms with Crippen LogP contribution in [0.1, 0.15) is 37.5 Å². The Morgan fingerprint density at radius 3 is 2.42 bits per heavy atom. The Bertz CT molecular complexity index is 789. The molecular formula is C21H28N2O. The first-order chi connectivity index (χ1) is 11.6. The van der Waals surface area contributed by atoms with Crippen molar-refractivity contribution in [2.45, 2.75) is 33.1 Å². The average molecular weight is 324 g/mol. The molecule has 24 heavy (non-hydrogen) atoms. The topological polar surface area (TPSA) is 27.1 Å². The van der Waals surface area contributed by atoms with Crippen molar-refractivity contribution in [3.05, 3.63) is 65.5 Å². The quantitative estimate of drug-likeness (QED) is 0.685. The highest BCUT2D eigenvalue weighted by Gasteiger charge is 2.32. The molecule has 0 amide bonds. The van der Waals surface area contributed by atoms with Gasteiger partial charge >= 0.3 is 0 Å². The summed E-state index contributed by atoms with van der Waals surface area (Å²) in [5.74, 6) is 0. The van der Waals surface area contributed by atoms with E-state index < -0.39 is 0 Å². The van der Waals surface area contributed by atoms with Gasteiger partial charge in [0.2, 0.25) is 0 Å². The molecule has 0 saturated heterocycles. The molecule has 0 fully saturated rings. The first kappa shape index (κ1) is 18.2. The number of hydrogen-bond donors (Lipinski definition) is 0. The van der Waals surface area contributed by atoms with E-state index in [1.807, 2.05) is 33.2 Å². The number of rotatable bonds is 4. The summed E-state index contributed by atoms with van der Waals surface area (Å²) in [6.45, 7) is 8.98. The molecule has 0 aliphatic rings. The third kappa shape index (κ3) is 3.22. The van der Waals surface area contributed by atoms with Crippen LogP contribution < -0.4 is 0 Å². The molecular weight excluding hydrogens is 296 g/mol. The first-order valence-electron chi connectivity index (χ1n) is 8.53. The van der Waals surface area contributed by atoms with Crippen molar-refractivity contribution >= 4 is 11.0 Å². The largest absolute Gasteiger partial charge is 0.383 e. The summed E-state index contributed by atoms with van der Waals surface area (Å²) in [7, 11) is 3.80. The highest BCUT2D eigenvalue weighted by Crippen LogP contribution is 2.37. The van der Waals surface area contributed by atoms with Crippen molar-refractivity contribution in [3.8, 4) is 0 Å². The zero-order chi connectivity index (χ0) is 17.7. The zero-order valence-electron chi connectivity index (χ0n) is 15.6. The second kappa shape index (κ2) is 7.63. The van der Waals surface area contributed by atoms with Crippen molar-refractivity contribution in [1.29, 1.82) is 0 Å². The molecule has 1 atom stereocenters. The second-order valence-electron chi connectivity index (χ2n) is 6.16. The molecule has 1 unspecified atom stereocenters. The van der Waals surface area contributed by atoms with Gasteiger partial charge in [0.1, 0.15) is 5.65 Å². The number of aromatic nitrogens is 2. The number of nitrogens with zero attached hydrogens (tertiary/aromatic N) is 2. The number of hydrogen-bond acceptors (Lipinski definition) is 2. The van der Waals surface area contributed by atoms with E-state index in [-0.39, 0.29) is 5.41 Å². The van der Waals surface area contributed by atoms with Gasteiger partial charge in [0.15, 0.2) is 0 Å².